The highest BCUT2D eigenvalue weighted by Gasteiger charge is 2.19. The molecule has 66 valence electrons. The lowest BCUT2D eigenvalue weighted by molar-refractivity contribution is -0.318. The minimum absolute atomic E-state index is 0.0878. The quantitative estimate of drug-likeness (QED) is 0.305. The second kappa shape index (κ2) is 4.30. The largest absolute Gasteiger partial charge is 0.473 e. The summed E-state index contributed by atoms with van der Waals surface area (Å²) in [6, 6.07) is 0. The van der Waals surface area contributed by atoms with E-state index in [1.165, 1.54) is 0 Å². The molecule has 0 spiro atoms. The Labute approximate surface area is 64.2 Å². The molecule has 0 amide bonds. The maximum absolute atomic E-state index is 8.79. The van der Waals surface area contributed by atoms with Crippen LogP contribution in [0.2, 0.25) is 0 Å². The fraction of sp³-hybridized carbons (Fsp3) is 0.667. The minimum atomic E-state index is -2.74. The van der Waals surface area contributed by atoms with Crippen molar-refractivity contribution in [1.29, 1.82) is 0 Å². The summed E-state index contributed by atoms with van der Waals surface area (Å²) in [7, 11) is 0. The van der Waals surface area contributed by atoms with Crippen molar-refractivity contribution in [3.8, 4) is 0 Å². The Morgan fingerprint density at radius 3 is 2.36 bits per heavy atom. The number of aliphatic hydroxyl groups excluding tert-OH is 1. The molecule has 0 radical (unpaired) electrons. The maximum atomic E-state index is 8.79. The number of hydrogen-bond acceptors (Lipinski definition) is 5. The van der Waals surface area contributed by atoms with Gasteiger partial charge in [-0.05, 0) is 0 Å². The Kier molecular flexibility index (Phi) is 4.06. The van der Waals surface area contributed by atoms with Gasteiger partial charge in [-0.25, -0.2) is 0 Å². The molecule has 4 N–H and O–H groups in total. The third-order valence-electron chi connectivity index (χ3n) is 0.980. The van der Waals surface area contributed by atoms with Gasteiger partial charge in [0, 0.05) is 12.8 Å². The van der Waals surface area contributed by atoms with E-state index in [-0.39, 0.29) is 12.8 Å². The van der Waals surface area contributed by atoms with Crippen LogP contribution in [0.15, 0.2) is 12.8 Å². The van der Waals surface area contributed by atoms with E-state index in [2.05, 4.69) is 11.3 Å². The van der Waals surface area contributed by atoms with Crippen LogP contribution in [-0.4, -0.2) is 32.7 Å². The third-order valence-corrected chi connectivity index (χ3v) is 0.980. The van der Waals surface area contributed by atoms with Crippen LogP contribution >= 0.6 is 0 Å². The molecule has 5 nitrogen and oxygen atoms in total. The highest BCUT2D eigenvalue weighted by molar-refractivity contribution is 4.55. The van der Waals surface area contributed by atoms with Crippen LogP contribution in [-0.2, 0) is 4.74 Å². The van der Waals surface area contributed by atoms with E-state index in [1.807, 2.05) is 0 Å². The van der Waals surface area contributed by atoms with E-state index >= 15 is 0 Å². The summed E-state index contributed by atoms with van der Waals surface area (Å²) in [4.78, 5) is 0. The lowest BCUT2D eigenvalue weighted by atomic mass is 10.2. The Morgan fingerprint density at radius 1 is 1.45 bits per heavy atom. The molecule has 0 aliphatic rings. The number of hydrogen-bond donors (Lipinski definition) is 4. The van der Waals surface area contributed by atoms with Crippen LogP contribution < -0.4 is 0 Å². The smallest absolute Gasteiger partial charge is 0.275 e. The zero-order valence-electron chi connectivity index (χ0n) is 5.97. The van der Waals surface area contributed by atoms with Crippen LogP contribution in [0.25, 0.3) is 0 Å². The zero-order valence-corrected chi connectivity index (χ0v) is 5.97. The molecular weight excluding hydrogens is 152 g/mol. The first-order chi connectivity index (χ1) is 4.95. The van der Waals surface area contributed by atoms with Gasteiger partial charge in [0.2, 0.25) is 0 Å². The summed E-state index contributed by atoms with van der Waals surface area (Å²) < 4.78 is 4.42. The van der Waals surface area contributed by atoms with Crippen molar-refractivity contribution in [2.45, 2.75) is 25.1 Å². The van der Waals surface area contributed by atoms with Gasteiger partial charge in [-0.15, -0.1) is 0 Å². The van der Waals surface area contributed by atoms with Crippen molar-refractivity contribution in [2.24, 2.45) is 0 Å². The summed E-state index contributed by atoms with van der Waals surface area (Å²) in [6.07, 6.45) is -0.617. The van der Waals surface area contributed by atoms with E-state index < -0.39 is 12.3 Å². The first kappa shape index (κ1) is 10.4. The Hall–Kier alpha value is -0.620. The molecular formula is C6H12O5. The van der Waals surface area contributed by atoms with Gasteiger partial charge < -0.3 is 25.2 Å². The van der Waals surface area contributed by atoms with Crippen molar-refractivity contribution in [1.82, 2.24) is 0 Å². The molecule has 0 aromatic heterocycles. The third kappa shape index (κ3) is 7.27. The fourth-order valence-corrected chi connectivity index (χ4v) is 0.496. The van der Waals surface area contributed by atoms with Crippen molar-refractivity contribution in [3.05, 3.63) is 12.8 Å². The summed E-state index contributed by atoms with van der Waals surface area (Å²) in [5.41, 5.74) is 0. The van der Waals surface area contributed by atoms with Gasteiger partial charge in [-0.2, -0.15) is 0 Å². The van der Waals surface area contributed by atoms with Gasteiger partial charge >= 0.3 is 0 Å². The monoisotopic (exact) mass is 164 g/mol. The molecule has 1 unspecified atom stereocenters. The molecule has 0 aromatic rings. The Balaban J connectivity index is 3.45. The van der Waals surface area contributed by atoms with Crippen LogP contribution in [0.3, 0.4) is 0 Å². The van der Waals surface area contributed by atoms with Gasteiger partial charge in [0.15, 0.2) is 6.29 Å². The Morgan fingerprint density at radius 2 is 2.00 bits per heavy atom. The van der Waals surface area contributed by atoms with Gasteiger partial charge in [0.05, 0.1) is 6.26 Å². The van der Waals surface area contributed by atoms with Gasteiger partial charge in [0.1, 0.15) is 0 Å². The molecule has 0 aliphatic carbocycles. The van der Waals surface area contributed by atoms with Crippen LogP contribution in [0.4, 0.5) is 0 Å². The van der Waals surface area contributed by atoms with Gasteiger partial charge in [0.25, 0.3) is 5.97 Å². The van der Waals surface area contributed by atoms with Crippen molar-refractivity contribution >= 4 is 0 Å². The standard InChI is InChI=1S/C6H12O5/c1-2-11-5(7)3-4-6(8,9)10/h2,5,7-10H,1,3-4H2. The number of ether oxygens (including phenoxy) is 1. The predicted octanol–water partition coefficient (Wildman–Crippen LogP) is -1.12. The molecule has 0 bridgehead atoms. The van der Waals surface area contributed by atoms with Crippen LogP contribution in [0, 0.1) is 0 Å². The second-order valence-corrected chi connectivity index (χ2v) is 2.07. The zero-order chi connectivity index (χ0) is 8.91. The van der Waals surface area contributed by atoms with E-state index in [0.717, 1.165) is 6.26 Å². The van der Waals surface area contributed by atoms with Crippen molar-refractivity contribution < 1.29 is 25.2 Å². The number of aliphatic hydroxyl groups is 4. The topological polar surface area (TPSA) is 90.2 Å². The normalized spacial score (nSPS) is 14.2. The highest BCUT2D eigenvalue weighted by Crippen LogP contribution is 2.07. The van der Waals surface area contributed by atoms with Crippen LogP contribution in [0.1, 0.15) is 12.8 Å². The average molecular weight is 164 g/mol. The second-order valence-electron chi connectivity index (χ2n) is 2.07. The minimum Gasteiger partial charge on any atom is -0.473 e. The Bertz CT molecular complexity index is 117. The molecule has 11 heavy (non-hydrogen) atoms. The fourth-order valence-electron chi connectivity index (χ4n) is 0.496. The molecule has 0 saturated carbocycles. The highest BCUT2D eigenvalue weighted by atomic mass is 16.7. The van der Waals surface area contributed by atoms with Crippen molar-refractivity contribution in [2.75, 3.05) is 0 Å². The molecule has 0 aliphatic heterocycles. The molecule has 0 saturated heterocycles. The first-order valence-electron chi connectivity index (χ1n) is 3.07. The van der Waals surface area contributed by atoms with E-state index in [4.69, 9.17) is 20.4 Å². The van der Waals surface area contributed by atoms with E-state index in [9.17, 15) is 0 Å². The summed E-state index contributed by atoms with van der Waals surface area (Å²) in [6.45, 7) is 3.18. The summed E-state index contributed by atoms with van der Waals surface area (Å²) in [5, 5.41) is 33.8. The predicted molar refractivity (Wildman–Crippen MR) is 35.9 cm³/mol. The molecule has 0 aromatic carbocycles. The summed E-state index contributed by atoms with van der Waals surface area (Å²) in [5.74, 6) is -2.74. The molecule has 0 heterocycles. The number of rotatable bonds is 5. The summed E-state index contributed by atoms with van der Waals surface area (Å²) >= 11 is 0. The van der Waals surface area contributed by atoms with Crippen molar-refractivity contribution in [3.63, 3.8) is 0 Å². The van der Waals surface area contributed by atoms with Gasteiger partial charge in [-0.3, -0.25) is 0 Å². The lowest BCUT2D eigenvalue weighted by Gasteiger charge is -2.15. The van der Waals surface area contributed by atoms with E-state index in [1.54, 1.807) is 0 Å². The average Bonchev–Trinajstić information content (AvgIpc) is 1.83. The molecule has 1 atom stereocenters. The molecule has 5 heteroatoms. The molecule has 0 rings (SSSR count). The molecule has 0 fully saturated rings. The maximum Gasteiger partial charge on any atom is 0.275 e. The van der Waals surface area contributed by atoms with E-state index in [0.29, 0.717) is 0 Å². The van der Waals surface area contributed by atoms with Crippen LogP contribution in [0.5, 0.6) is 0 Å². The first-order valence-corrected chi connectivity index (χ1v) is 3.07. The van der Waals surface area contributed by atoms with Gasteiger partial charge in [-0.1, -0.05) is 6.58 Å². The lowest BCUT2D eigenvalue weighted by Crippen LogP contribution is -2.28. The SMILES string of the molecule is C=COC(O)CCC(O)(O)O.